The van der Waals surface area contributed by atoms with Crippen LogP contribution in [0, 0.1) is 12.3 Å². The van der Waals surface area contributed by atoms with Crippen LogP contribution in [0.1, 0.15) is 37.8 Å². The number of amides is 1. The van der Waals surface area contributed by atoms with Gasteiger partial charge in [0, 0.05) is 19.1 Å². The summed E-state index contributed by atoms with van der Waals surface area (Å²) in [6.07, 6.45) is 2.07. The van der Waals surface area contributed by atoms with Crippen molar-refractivity contribution in [2.45, 2.75) is 39.0 Å². The lowest BCUT2D eigenvalue weighted by molar-refractivity contribution is -0.126. The molecule has 0 aromatic heterocycles. The number of rotatable bonds is 6. The van der Waals surface area contributed by atoms with E-state index in [-0.39, 0.29) is 11.3 Å². The van der Waals surface area contributed by atoms with Crippen molar-refractivity contribution in [3.8, 4) is 0 Å². The first-order valence-corrected chi connectivity index (χ1v) is 8.45. The highest BCUT2D eigenvalue weighted by Gasteiger charge is 2.35. The van der Waals surface area contributed by atoms with E-state index in [1.54, 1.807) is 7.11 Å². The fraction of sp³-hybridized carbons (Fsp3) is 0.632. The van der Waals surface area contributed by atoms with Crippen LogP contribution in [-0.4, -0.2) is 39.3 Å². The van der Waals surface area contributed by atoms with Gasteiger partial charge in [-0.1, -0.05) is 29.8 Å². The topological polar surface area (TPSA) is 50.4 Å². The standard InChI is InChI=1S/C19H30N2O2/c1-15-5-7-16(8-6-15)18(2,3)17(22)21-13-19(14-23-4)9-11-20-12-10-19/h5-8,20H,9-14H2,1-4H3,(H,21,22). The van der Waals surface area contributed by atoms with Crippen LogP contribution < -0.4 is 10.6 Å². The van der Waals surface area contributed by atoms with Crippen LogP contribution in [0.4, 0.5) is 0 Å². The summed E-state index contributed by atoms with van der Waals surface area (Å²) in [5.41, 5.74) is 1.78. The molecule has 128 valence electrons. The second-order valence-corrected chi connectivity index (χ2v) is 7.36. The summed E-state index contributed by atoms with van der Waals surface area (Å²) in [4.78, 5) is 12.8. The Bertz CT molecular complexity index is 511. The predicted octanol–water partition coefficient (Wildman–Crippen LogP) is 2.41. The van der Waals surface area contributed by atoms with Gasteiger partial charge in [0.2, 0.25) is 5.91 Å². The molecule has 0 atom stereocenters. The molecule has 1 heterocycles. The van der Waals surface area contributed by atoms with Crippen molar-refractivity contribution >= 4 is 5.91 Å². The normalized spacial score (nSPS) is 17.7. The highest BCUT2D eigenvalue weighted by Crippen LogP contribution is 2.29. The Morgan fingerprint density at radius 2 is 1.87 bits per heavy atom. The molecule has 1 saturated heterocycles. The van der Waals surface area contributed by atoms with Crippen LogP contribution in [0.5, 0.6) is 0 Å². The lowest BCUT2D eigenvalue weighted by Crippen LogP contribution is -2.50. The molecule has 1 aliphatic rings. The van der Waals surface area contributed by atoms with Gasteiger partial charge in [0.05, 0.1) is 12.0 Å². The van der Waals surface area contributed by atoms with Crippen LogP contribution in [-0.2, 0) is 14.9 Å². The number of carbonyl (C=O) groups is 1. The number of hydrogen-bond donors (Lipinski definition) is 2. The zero-order valence-corrected chi connectivity index (χ0v) is 14.9. The Labute approximate surface area is 140 Å². The van der Waals surface area contributed by atoms with Crippen LogP contribution >= 0.6 is 0 Å². The van der Waals surface area contributed by atoms with E-state index in [4.69, 9.17) is 4.74 Å². The number of carbonyl (C=O) groups excluding carboxylic acids is 1. The Balaban J connectivity index is 2.03. The summed E-state index contributed by atoms with van der Waals surface area (Å²) < 4.78 is 5.42. The van der Waals surface area contributed by atoms with E-state index in [9.17, 15) is 4.79 Å². The summed E-state index contributed by atoms with van der Waals surface area (Å²) in [5, 5.41) is 6.56. The molecule has 1 aromatic rings. The van der Waals surface area contributed by atoms with E-state index in [1.807, 2.05) is 26.0 Å². The second-order valence-electron chi connectivity index (χ2n) is 7.36. The van der Waals surface area contributed by atoms with Gasteiger partial charge in [-0.2, -0.15) is 0 Å². The summed E-state index contributed by atoms with van der Waals surface area (Å²) in [7, 11) is 1.74. The predicted molar refractivity (Wildman–Crippen MR) is 93.6 cm³/mol. The zero-order chi connectivity index (χ0) is 16.9. The molecule has 4 nitrogen and oxygen atoms in total. The van der Waals surface area contributed by atoms with Gasteiger partial charge in [-0.25, -0.2) is 0 Å². The Morgan fingerprint density at radius 3 is 2.43 bits per heavy atom. The number of nitrogens with one attached hydrogen (secondary N) is 2. The summed E-state index contributed by atoms with van der Waals surface area (Å²) >= 11 is 0. The molecule has 2 N–H and O–H groups in total. The van der Waals surface area contributed by atoms with E-state index in [0.29, 0.717) is 13.2 Å². The maximum absolute atomic E-state index is 12.8. The third-order valence-corrected chi connectivity index (χ3v) is 5.08. The molecule has 23 heavy (non-hydrogen) atoms. The van der Waals surface area contributed by atoms with Crippen LogP contribution in [0.2, 0.25) is 0 Å². The first-order chi connectivity index (χ1) is 10.9. The fourth-order valence-corrected chi connectivity index (χ4v) is 3.23. The number of benzene rings is 1. The van der Waals surface area contributed by atoms with Gasteiger partial charge >= 0.3 is 0 Å². The first kappa shape index (κ1) is 18.0. The maximum atomic E-state index is 12.8. The molecule has 2 rings (SSSR count). The number of hydrogen-bond acceptors (Lipinski definition) is 3. The van der Waals surface area contributed by atoms with Crippen LogP contribution in [0.15, 0.2) is 24.3 Å². The molecule has 1 amide bonds. The van der Waals surface area contributed by atoms with Gasteiger partial charge in [0.1, 0.15) is 0 Å². The Kier molecular flexibility index (Phi) is 5.82. The maximum Gasteiger partial charge on any atom is 0.230 e. The molecule has 0 saturated carbocycles. The molecular weight excluding hydrogens is 288 g/mol. The number of aryl methyl sites for hydroxylation is 1. The lowest BCUT2D eigenvalue weighted by Gasteiger charge is -2.38. The Morgan fingerprint density at radius 1 is 1.26 bits per heavy atom. The summed E-state index contributed by atoms with van der Waals surface area (Å²) in [5.74, 6) is 0.0790. The molecule has 0 radical (unpaired) electrons. The summed E-state index contributed by atoms with van der Waals surface area (Å²) in [6, 6.07) is 8.21. The van der Waals surface area contributed by atoms with Gasteiger partial charge in [-0.05, 0) is 52.3 Å². The minimum absolute atomic E-state index is 0.0546. The first-order valence-electron chi connectivity index (χ1n) is 8.45. The fourth-order valence-electron chi connectivity index (χ4n) is 3.23. The Hall–Kier alpha value is -1.39. The average Bonchev–Trinajstić information content (AvgIpc) is 2.54. The average molecular weight is 318 g/mol. The van der Waals surface area contributed by atoms with E-state index in [1.165, 1.54) is 5.56 Å². The quantitative estimate of drug-likeness (QED) is 0.847. The van der Waals surface area contributed by atoms with Gasteiger partial charge in [0.15, 0.2) is 0 Å². The van der Waals surface area contributed by atoms with Crippen LogP contribution in [0.25, 0.3) is 0 Å². The SMILES string of the molecule is COCC1(CNC(=O)C(C)(C)c2ccc(C)cc2)CCNCC1. The van der Waals surface area contributed by atoms with Crippen molar-refractivity contribution in [2.24, 2.45) is 5.41 Å². The van der Waals surface area contributed by atoms with Gasteiger partial charge in [-0.15, -0.1) is 0 Å². The minimum atomic E-state index is -0.533. The number of piperidine rings is 1. The molecule has 1 aliphatic heterocycles. The van der Waals surface area contributed by atoms with Gasteiger partial charge in [-0.3, -0.25) is 4.79 Å². The van der Waals surface area contributed by atoms with Crippen molar-refractivity contribution in [2.75, 3.05) is 33.4 Å². The molecule has 1 aromatic carbocycles. The number of ether oxygens (including phenoxy) is 1. The smallest absolute Gasteiger partial charge is 0.230 e. The second kappa shape index (κ2) is 7.45. The molecule has 1 fully saturated rings. The third kappa shape index (κ3) is 4.33. The monoisotopic (exact) mass is 318 g/mol. The minimum Gasteiger partial charge on any atom is -0.384 e. The molecule has 0 unspecified atom stereocenters. The van der Waals surface area contributed by atoms with E-state index >= 15 is 0 Å². The highest BCUT2D eigenvalue weighted by molar-refractivity contribution is 5.87. The van der Waals surface area contributed by atoms with Crippen molar-refractivity contribution in [3.05, 3.63) is 35.4 Å². The van der Waals surface area contributed by atoms with Crippen molar-refractivity contribution in [1.29, 1.82) is 0 Å². The molecule has 4 heteroatoms. The van der Waals surface area contributed by atoms with Crippen molar-refractivity contribution in [3.63, 3.8) is 0 Å². The molecule has 0 bridgehead atoms. The van der Waals surface area contributed by atoms with Crippen molar-refractivity contribution < 1.29 is 9.53 Å². The van der Waals surface area contributed by atoms with Gasteiger partial charge in [0.25, 0.3) is 0 Å². The van der Waals surface area contributed by atoms with Gasteiger partial charge < -0.3 is 15.4 Å². The summed E-state index contributed by atoms with van der Waals surface area (Å²) in [6.45, 7) is 9.37. The molecular formula is C19H30N2O2. The van der Waals surface area contributed by atoms with E-state index in [0.717, 1.165) is 31.5 Å². The lowest BCUT2D eigenvalue weighted by atomic mass is 9.78. The zero-order valence-electron chi connectivity index (χ0n) is 14.9. The number of methoxy groups -OCH3 is 1. The highest BCUT2D eigenvalue weighted by atomic mass is 16.5. The van der Waals surface area contributed by atoms with E-state index in [2.05, 4.69) is 29.7 Å². The molecule has 0 spiro atoms. The van der Waals surface area contributed by atoms with Crippen LogP contribution in [0.3, 0.4) is 0 Å². The van der Waals surface area contributed by atoms with E-state index < -0.39 is 5.41 Å². The largest absolute Gasteiger partial charge is 0.384 e. The van der Waals surface area contributed by atoms with Crippen molar-refractivity contribution in [1.82, 2.24) is 10.6 Å². The third-order valence-electron chi connectivity index (χ3n) is 5.08. The molecule has 0 aliphatic carbocycles.